The van der Waals surface area contributed by atoms with Gasteiger partial charge in [-0.3, -0.25) is 14.9 Å². The van der Waals surface area contributed by atoms with Crippen molar-refractivity contribution < 1.29 is 9.72 Å². The van der Waals surface area contributed by atoms with Gasteiger partial charge in [0.2, 0.25) is 0 Å². The van der Waals surface area contributed by atoms with Crippen LogP contribution in [-0.2, 0) is 0 Å². The standard InChI is InChI=1S/C13H9ClN2O3/c14-11-8-10(16(18)19)6-7-12(11)15-13(17)9-4-2-1-3-5-9/h1-8H,(H,15,17). The van der Waals surface area contributed by atoms with E-state index in [1.807, 2.05) is 0 Å². The second kappa shape index (κ2) is 5.49. The van der Waals surface area contributed by atoms with Gasteiger partial charge in [0.05, 0.1) is 15.6 Å². The first-order valence-corrected chi connectivity index (χ1v) is 5.76. The highest BCUT2D eigenvalue weighted by atomic mass is 35.5. The van der Waals surface area contributed by atoms with E-state index in [2.05, 4.69) is 5.32 Å². The number of nitrogens with one attached hydrogen (secondary N) is 1. The number of rotatable bonds is 3. The lowest BCUT2D eigenvalue weighted by atomic mass is 10.2. The molecule has 0 aliphatic rings. The maximum Gasteiger partial charge on any atom is 0.271 e. The molecule has 0 fully saturated rings. The quantitative estimate of drug-likeness (QED) is 0.689. The summed E-state index contributed by atoms with van der Waals surface area (Å²) in [6, 6.07) is 12.5. The lowest BCUT2D eigenvalue weighted by Gasteiger charge is -2.06. The van der Waals surface area contributed by atoms with E-state index >= 15 is 0 Å². The molecule has 1 N–H and O–H groups in total. The number of nitro benzene ring substituents is 1. The van der Waals surface area contributed by atoms with Gasteiger partial charge in [0.25, 0.3) is 11.6 Å². The highest BCUT2D eigenvalue weighted by molar-refractivity contribution is 6.34. The van der Waals surface area contributed by atoms with E-state index in [0.29, 0.717) is 11.3 Å². The van der Waals surface area contributed by atoms with E-state index in [0.717, 1.165) is 0 Å². The second-order valence-electron chi connectivity index (χ2n) is 3.74. The van der Waals surface area contributed by atoms with Gasteiger partial charge in [-0.1, -0.05) is 29.8 Å². The summed E-state index contributed by atoms with van der Waals surface area (Å²) in [6.45, 7) is 0. The molecule has 96 valence electrons. The van der Waals surface area contributed by atoms with Gasteiger partial charge in [0.15, 0.2) is 0 Å². The number of carbonyl (C=O) groups is 1. The lowest BCUT2D eigenvalue weighted by molar-refractivity contribution is -0.384. The Morgan fingerprint density at radius 1 is 1.16 bits per heavy atom. The van der Waals surface area contributed by atoms with Crippen molar-refractivity contribution in [2.24, 2.45) is 0 Å². The molecule has 0 saturated heterocycles. The van der Waals surface area contributed by atoms with Crippen LogP contribution in [0.1, 0.15) is 10.4 Å². The van der Waals surface area contributed by atoms with Gasteiger partial charge < -0.3 is 5.32 Å². The summed E-state index contributed by atoms with van der Waals surface area (Å²) in [4.78, 5) is 21.9. The van der Waals surface area contributed by atoms with Crippen LogP contribution < -0.4 is 5.32 Å². The van der Waals surface area contributed by atoms with Crippen LogP contribution in [0.2, 0.25) is 5.02 Å². The van der Waals surface area contributed by atoms with E-state index in [9.17, 15) is 14.9 Å². The molecule has 1 amide bonds. The first kappa shape index (κ1) is 13.0. The van der Waals surface area contributed by atoms with E-state index in [-0.39, 0.29) is 16.6 Å². The molecule has 6 heteroatoms. The Morgan fingerprint density at radius 3 is 2.42 bits per heavy atom. The molecule has 2 rings (SSSR count). The zero-order valence-electron chi connectivity index (χ0n) is 9.67. The van der Waals surface area contributed by atoms with E-state index in [1.54, 1.807) is 30.3 Å². The van der Waals surface area contributed by atoms with Crippen LogP contribution >= 0.6 is 11.6 Å². The maximum absolute atomic E-state index is 11.9. The predicted molar refractivity (Wildman–Crippen MR) is 72.5 cm³/mol. The van der Waals surface area contributed by atoms with Gasteiger partial charge in [0.1, 0.15) is 0 Å². The van der Waals surface area contributed by atoms with Crippen molar-refractivity contribution in [3.05, 3.63) is 69.2 Å². The van der Waals surface area contributed by atoms with Crippen molar-refractivity contribution in [3.63, 3.8) is 0 Å². The van der Waals surface area contributed by atoms with Gasteiger partial charge in [-0.2, -0.15) is 0 Å². The third-order valence-corrected chi connectivity index (χ3v) is 2.76. The normalized spacial score (nSPS) is 9.95. The summed E-state index contributed by atoms with van der Waals surface area (Å²) >= 11 is 5.89. The number of hydrogen-bond acceptors (Lipinski definition) is 3. The van der Waals surface area contributed by atoms with Crippen LogP contribution in [-0.4, -0.2) is 10.8 Å². The summed E-state index contributed by atoms with van der Waals surface area (Å²) in [5, 5.41) is 13.3. The average Bonchev–Trinajstić information content (AvgIpc) is 2.41. The van der Waals surface area contributed by atoms with Crippen LogP contribution in [0.4, 0.5) is 11.4 Å². The molecule has 0 atom stereocenters. The minimum atomic E-state index is -0.547. The third-order valence-electron chi connectivity index (χ3n) is 2.45. The monoisotopic (exact) mass is 276 g/mol. The van der Waals surface area contributed by atoms with Crippen LogP contribution in [0, 0.1) is 10.1 Å². The molecule has 0 aliphatic heterocycles. The Hall–Kier alpha value is -2.40. The van der Waals surface area contributed by atoms with E-state index in [1.165, 1.54) is 18.2 Å². The highest BCUT2D eigenvalue weighted by Crippen LogP contribution is 2.26. The number of benzene rings is 2. The minimum absolute atomic E-state index is 0.122. The lowest BCUT2D eigenvalue weighted by Crippen LogP contribution is -2.11. The smallest absolute Gasteiger partial charge is 0.271 e. The molecule has 0 bridgehead atoms. The van der Waals surface area contributed by atoms with Gasteiger partial charge >= 0.3 is 0 Å². The molecule has 2 aromatic rings. The fourth-order valence-electron chi connectivity index (χ4n) is 1.50. The van der Waals surface area contributed by atoms with Gasteiger partial charge in [0, 0.05) is 17.7 Å². The van der Waals surface area contributed by atoms with Gasteiger partial charge in [-0.25, -0.2) is 0 Å². The molecule has 0 spiro atoms. The number of anilines is 1. The number of carbonyl (C=O) groups excluding carboxylic acids is 1. The Bertz CT molecular complexity index is 629. The van der Waals surface area contributed by atoms with Crippen LogP contribution in [0.25, 0.3) is 0 Å². The molecule has 0 aromatic heterocycles. The minimum Gasteiger partial charge on any atom is -0.321 e. The fraction of sp³-hybridized carbons (Fsp3) is 0. The Labute approximate surface area is 114 Å². The van der Waals surface area contributed by atoms with Crippen molar-refractivity contribution in [2.45, 2.75) is 0 Å². The van der Waals surface area contributed by atoms with Crippen molar-refractivity contribution in [1.29, 1.82) is 0 Å². The van der Waals surface area contributed by atoms with Crippen molar-refractivity contribution >= 4 is 28.9 Å². The Balaban J connectivity index is 2.20. The molecule has 5 nitrogen and oxygen atoms in total. The first-order valence-electron chi connectivity index (χ1n) is 5.38. The fourth-order valence-corrected chi connectivity index (χ4v) is 1.72. The molecule has 0 unspecified atom stereocenters. The first-order chi connectivity index (χ1) is 9.08. The highest BCUT2D eigenvalue weighted by Gasteiger charge is 2.12. The third kappa shape index (κ3) is 3.08. The number of non-ortho nitro benzene ring substituents is 1. The van der Waals surface area contributed by atoms with Gasteiger partial charge in [-0.15, -0.1) is 0 Å². The van der Waals surface area contributed by atoms with Crippen LogP contribution in [0.15, 0.2) is 48.5 Å². The SMILES string of the molecule is O=C(Nc1ccc([N+](=O)[O-])cc1Cl)c1ccccc1. The van der Waals surface area contributed by atoms with Gasteiger partial charge in [-0.05, 0) is 18.2 Å². The Kier molecular flexibility index (Phi) is 3.77. The molecule has 2 aromatic carbocycles. The van der Waals surface area contributed by atoms with Crippen LogP contribution in [0.3, 0.4) is 0 Å². The topological polar surface area (TPSA) is 72.2 Å². The summed E-state index contributed by atoms with van der Waals surface area (Å²) < 4.78 is 0. The number of hydrogen-bond donors (Lipinski definition) is 1. The molecule has 0 saturated carbocycles. The zero-order valence-corrected chi connectivity index (χ0v) is 10.4. The number of nitrogens with zero attached hydrogens (tertiary/aromatic N) is 1. The predicted octanol–water partition coefficient (Wildman–Crippen LogP) is 3.50. The average molecular weight is 277 g/mol. The van der Waals surface area contributed by atoms with E-state index in [4.69, 9.17) is 11.6 Å². The number of halogens is 1. The number of nitro groups is 1. The largest absolute Gasteiger partial charge is 0.321 e. The Morgan fingerprint density at radius 2 is 1.84 bits per heavy atom. The molecule has 0 heterocycles. The van der Waals surface area contributed by atoms with Crippen molar-refractivity contribution in [1.82, 2.24) is 0 Å². The molecular weight excluding hydrogens is 268 g/mol. The molecule has 19 heavy (non-hydrogen) atoms. The summed E-state index contributed by atoms with van der Waals surface area (Å²) in [6.07, 6.45) is 0. The maximum atomic E-state index is 11.9. The zero-order chi connectivity index (χ0) is 13.8. The number of amides is 1. The molecular formula is C13H9ClN2O3. The summed E-state index contributed by atoms with van der Waals surface area (Å²) in [5.74, 6) is -0.323. The summed E-state index contributed by atoms with van der Waals surface area (Å²) in [5.41, 5.74) is 0.695. The second-order valence-corrected chi connectivity index (χ2v) is 4.15. The summed E-state index contributed by atoms with van der Waals surface area (Å²) in [7, 11) is 0. The molecule has 0 radical (unpaired) electrons. The van der Waals surface area contributed by atoms with Crippen molar-refractivity contribution in [2.75, 3.05) is 5.32 Å². The van der Waals surface area contributed by atoms with E-state index < -0.39 is 4.92 Å². The van der Waals surface area contributed by atoms with Crippen molar-refractivity contribution in [3.8, 4) is 0 Å². The van der Waals surface area contributed by atoms with Crippen LogP contribution in [0.5, 0.6) is 0 Å². The molecule has 0 aliphatic carbocycles.